The maximum absolute atomic E-state index is 12.7. The number of piperidine rings is 1. The van der Waals surface area contributed by atoms with Crippen LogP contribution in [0.5, 0.6) is 0 Å². The van der Waals surface area contributed by atoms with E-state index in [1.807, 2.05) is 7.05 Å². The highest BCUT2D eigenvalue weighted by molar-refractivity contribution is 14.0. The minimum Gasteiger partial charge on any atom is -0.393 e. The van der Waals surface area contributed by atoms with Crippen molar-refractivity contribution < 1.29 is 9.90 Å². The zero-order valence-corrected chi connectivity index (χ0v) is 19.6. The Kier molecular flexibility index (Phi) is 10.3. The number of hydrogen-bond donors (Lipinski definition) is 2. The molecule has 0 spiro atoms. The number of hydrogen-bond acceptors (Lipinski definition) is 4. The molecule has 3 rings (SSSR count). The average molecular weight is 507 g/mol. The van der Waals surface area contributed by atoms with Gasteiger partial charge in [0.1, 0.15) is 0 Å². The van der Waals surface area contributed by atoms with Gasteiger partial charge in [-0.05, 0) is 25.7 Å². The van der Waals surface area contributed by atoms with E-state index in [2.05, 4.69) is 25.0 Å². The number of guanidine groups is 1. The average Bonchev–Trinajstić information content (AvgIpc) is 2.73. The fourth-order valence-electron chi connectivity index (χ4n) is 4.54. The van der Waals surface area contributed by atoms with Gasteiger partial charge in [0.25, 0.3) is 0 Å². The minimum atomic E-state index is -0.160. The smallest absolute Gasteiger partial charge is 0.225 e. The predicted molar refractivity (Wildman–Crippen MR) is 123 cm³/mol. The van der Waals surface area contributed by atoms with Crippen molar-refractivity contribution in [3.63, 3.8) is 0 Å². The molecule has 3 fully saturated rings. The number of carbonyl (C=O) groups is 1. The molecule has 2 aliphatic heterocycles. The van der Waals surface area contributed by atoms with Crippen LogP contribution in [0.1, 0.15) is 44.9 Å². The van der Waals surface area contributed by atoms with Crippen LogP contribution in [0.15, 0.2) is 4.99 Å². The second-order valence-electron chi connectivity index (χ2n) is 8.19. The number of carbonyl (C=O) groups excluding carboxylic acids is 1. The van der Waals surface area contributed by atoms with Gasteiger partial charge in [0.15, 0.2) is 5.96 Å². The summed E-state index contributed by atoms with van der Waals surface area (Å²) in [7, 11) is 1.82. The van der Waals surface area contributed by atoms with Gasteiger partial charge in [-0.3, -0.25) is 14.7 Å². The van der Waals surface area contributed by atoms with E-state index in [0.29, 0.717) is 11.8 Å². The Balaban J connectivity index is 0.00000280. The van der Waals surface area contributed by atoms with Crippen LogP contribution in [0.3, 0.4) is 0 Å². The first-order chi connectivity index (χ1) is 13.2. The summed E-state index contributed by atoms with van der Waals surface area (Å²) in [5.41, 5.74) is 0. The first-order valence-corrected chi connectivity index (χ1v) is 10.8. The van der Waals surface area contributed by atoms with Crippen LogP contribution in [0.25, 0.3) is 0 Å². The van der Waals surface area contributed by atoms with E-state index in [9.17, 15) is 9.90 Å². The van der Waals surface area contributed by atoms with E-state index < -0.39 is 0 Å². The van der Waals surface area contributed by atoms with Crippen molar-refractivity contribution in [1.82, 2.24) is 20.0 Å². The predicted octanol–water partition coefficient (Wildman–Crippen LogP) is 1.36. The second kappa shape index (κ2) is 12.2. The first-order valence-electron chi connectivity index (χ1n) is 10.8. The number of nitrogens with one attached hydrogen (secondary N) is 1. The van der Waals surface area contributed by atoms with Gasteiger partial charge in [0.05, 0.1) is 6.10 Å². The number of aliphatic imine (C=N–C) groups is 1. The van der Waals surface area contributed by atoms with Crippen molar-refractivity contribution in [3.8, 4) is 0 Å². The van der Waals surface area contributed by atoms with Gasteiger partial charge in [0, 0.05) is 65.3 Å². The minimum absolute atomic E-state index is 0. The Morgan fingerprint density at radius 1 is 0.964 bits per heavy atom. The summed E-state index contributed by atoms with van der Waals surface area (Å²) >= 11 is 0. The summed E-state index contributed by atoms with van der Waals surface area (Å²) in [5, 5.41) is 13.1. The summed E-state index contributed by atoms with van der Waals surface area (Å²) in [6.45, 7) is 7.24. The molecule has 2 N–H and O–H groups in total. The maximum Gasteiger partial charge on any atom is 0.225 e. The normalized spacial score (nSPS) is 23.4. The second-order valence-corrected chi connectivity index (χ2v) is 8.19. The van der Waals surface area contributed by atoms with E-state index >= 15 is 0 Å². The van der Waals surface area contributed by atoms with Gasteiger partial charge >= 0.3 is 0 Å². The highest BCUT2D eigenvalue weighted by Crippen LogP contribution is 2.25. The number of halogens is 1. The summed E-state index contributed by atoms with van der Waals surface area (Å²) < 4.78 is 0. The summed E-state index contributed by atoms with van der Waals surface area (Å²) in [5.74, 6) is 1.63. The highest BCUT2D eigenvalue weighted by Gasteiger charge is 2.28. The molecule has 0 atom stereocenters. The van der Waals surface area contributed by atoms with Gasteiger partial charge in [-0.1, -0.05) is 19.3 Å². The molecule has 0 aromatic heterocycles. The van der Waals surface area contributed by atoms with Crippen molar-refractivity contribution >= 4 is 35.8 Å². The van der Waals surface area contributed by atoms with Crippen molar-refractivity contribution in [3.05, 3.63) is 0 Å². The zero-order valence-electron chi connectivity index (χ0n) is 17.3. The Morgan fingerprint density at radius 2 is 1.61 bits per heavy atom. The fourth-order valence-corrected chi connectivity index (χ4v) is 4.54. The molecule has 0 bridgehead atoms. The van der Waals surface area contributed by atoms with Gasteiger partial charge in [-0.2, -0.15) is 0 Å². The number of nitrogens with zero attached hydrogens (tertiary/aromatic N) is 4. The summed E-state index contributed by atoms with van der Waals surface area (Å²) in [6, 6.07) is 0. The van der Waals surface area contributed by atoms with E-state index in [1.54, 1.807) is 0 Å². The Morgan fingerprint density at radius 3 is 2.21 bits per heavy atom. The van der Waals surface area contributed by atoms with E-state index in [-0.39, 0.29) is 30.1 Å². The quantitative estimate of drug-likeness (QED) is 0.342. The number of amides is 1. The molecule has 2 saturated heterocycles. The molecule has 8 heteroatoms. The Labute approximate surface area is 186 Å². The lowest BCUT2D eigenvalue weighted by molar-refractivity contribution is -0.138. The van der Waals surface area contributed by atoms with Gasteiger partial charge in [0.2, 0.25) is 5.91 Å². The molecule has 2 heterocycles. The molecular formula is C20H38IN5O2. The van der Waals surface area contributed by atoms with Crippen molar-refractivity contribution in [2.24, 2.45) is 10.9 Å². The molecule has 1 aliphatic carbocycles. The SMILES string of the molecule is CN=C(NCCN1CCN(C(=O)C2CCCCC2)CC1)N1CCC(O)CC1.I. The van der Waals surface area contributed by atoms with Crippen LogP contribution in [0, 0.1) is 5.92 Å². The molecule has 1 saturated carbocycles. The molecule has 0 aromatic rings. The molecule has 7 nitrogen and oxygen atoms in total. The van der Waals surface area contributed by atoms with E-state index in [4.69, 9.17) is 0 Å². The summed E-state index contributed by atoms with van der Waals surface area (Å²) in [6.07, 6.45) is 7.40. The topological polar surface area (TPSA) is 71.4 Å². The van der Waals surface area contributed by atoms with Crippen LogP contribution in [0.2, 0.25) is 0 Å². The maximum atomic E-state index is 12.7. The number of likely N-dealkylation sites (tertiary alicyclic amines) is 1. The van der Waals surface area contributed by atoms with Crippen molar-refractivity contribution in [2.45, 2.75) is 51.0 Å². The van der Waals surface area contributed by atoms with Gasteiger partial charge in [-0.15, -0.1) is 24.0 Å². The van der Waals surface area contributed by atoms with Crippen molar-refractivity contribution in [1.29, 1.82) is 0 Å². The molecular weight excluding hydrogens is 469 g/mol. The molecule has 162 valence electrons. The lowest BCUT2D eigenvalue weighted by atomic mass is 9.88. The number of aliphatic hydroxyl groups excluding tert-OH is 1. The van der Waals surface area contributed by atoms with Crippen LogP contribution in [0.4, 0.5) is 0 Å². The number of piperazine rings is 1. The monoisotopic (exact) mass is 507 g/mol. The number of rotatable bonds is 4. The highest BCUT2D eigenvalue weighted by atomic mass is 127. The van der Waals surface area contributed by atoms with Crippen LogP contribution >= 0.6 is 24.0 Å². The lowest BCUT2D eigenvalue weighted by Crippen LogP contribution is -2.52. The van der Waals surface area contributed by atoms with Gasteiger partial charge < -0.3 is 20.2 Å². The Bertz CT molecular complexity index is 497. The zero-order chi connectivity index (χ0) is 19.1. The molecule has 1 amide bonds. The molecule has 28 heavy (non-hydrogen) atoms. The lowest BCUT2D eigenvalue weighted by Gasteiger charge is -2.37. The van der Waals surface area contributed by atoms with Gasteiger partial charge in [-0.25, -0.2) is 0 Å². The largest absolute Gasteiger partial charge is 0.393 e. The Hall–Kier alpha value is -0.610. The number of aliphatic hydroxyl groups is 1. The third-order valence-corrected chi connectivity index (χ3v) is 6.33. The van der Waals surface area contributed by atoms with E-state index in [1.165, 1.54) is 19.3 Å². The standard InChI is InChI=1S/C20H37N5O2.HI/c1-21-20(25-10-7-18(26)8-11-25)22-9-12-23-13-15-24(16-14-23)19(27)17-5-3-2-4-6-17;/h17-18,26H,2-16H2,1H3,(H,21,22);1H. The van der Waals surface area contributed by atoms with Crippen LogP contribution in [-0.4, -0.2) is 97.2 Å². The third kappa shape index (κ3) is 6.73. The molecule has 0 aromatic carbocycles. The summed E-state index contributed by atoms with van der Waals surface area (Å²) in [4.78, 5) is 23.8. The molecule has 0 radical (unpaired) electrons. The van der Waals surface area contributed by atoms with E-state index in [0.717, 1.165) is 84.0 Å². The van der Waals surface area contributed by atoms with Crippen LogP contribution in [-0.2, 0) is 4.79 Å². The first kappa shape index (κ1) is 23.7. The van der Waals surface area contributed by atoms with Crippen molar-refractivity contribution in [2.75, 3.05) is 59.4 Å². The third-order valence-electron chi connectivity index (χ3n) is 6.33. The van der Waals surface area contributed by atoms with Crippen LogP contribution < -0.4 is 5.32 Å². The molecule has 3 aliphatic rings. The fraction of sp³-hybridized carbons (Fsp3) is 0.900. The molecule has 0 unspecified atom stereocenters.